The van der Waals surface area contributed by atoms with Crippen molar-refractivity contribution in [1.82, 2.24) is 4.98 Å². The van der Waals surface area contributed by atoms with E-state index in [1.54, 1.807) is 12.1 Å². The standard InChI is InChI=1S/C12H9FN2.C2H6/c1-3-8-9(13)4-5-10-12(8)7(2)6-11(14)15-10;1-2/h1,4-6H,2H3,(H2,14,15);1-2H3. The van der Waals surface area contributed by atoms with Crippen molar-refractivity contribution in [2.24, 2.45) is 0 Å². The van der Waals surface area contributed by atoms with E-state index in [-0.39, 0.29) is 5.56 Å². The molecule has 1 aromatic carbocycles. The van der Waals surface area contributed by atoms with Crippen LogP contribution in [-0.2, 0) is 0 Å². The molecule has 0 bridgehead atoms. The van der Waals surface area contributed by atoms with Crippen LogP contribution in [0.2, 0.25) is 0 Å². The summed E-state index contributed by atoms with van der Waals surface area (Å²) in [5.41, 5.74) is 7.31. The normalized spacial score (nSPS) is 9.35. The molecular formula is C14H15FN2. The Morgan fingerprint density at radius 3 is 2.59 bits per heavy atom. The van der Waals surface area contributed by atoms with Crippen molar-refractivity contribution >= 4 is 16.7 Å². The fourth-order valence-corrected chi connectivity index (χ4v) is 1.67. The number of pyridine rings is 1. The lowest BCUT2D eigenvalue weighted by Crippen LogP contribution is -1.96. The first-order chi connectivity index (χ1) is 8.13. The van der Waals surface area contributed by atoms with Crippen molar-refractivity contribution in [1.29, 1.82) is 0 Å². The van der Waals surface area contributed by atoms with E-state index in [1.807, 2.05) is 20.8 Å². The highest BCUT2D eigenvalue weighted by molar-refractivity contribution is 5.89. The molecule has 0 spiro atoms. The second-order valence-electron chi connectivity index (χ2n) is 3.32. The molecule has 17 heavy (non-hydrogen) atoms. The lowest BCUT2D eigenvalue weighted by atomic mass is 10.0. The Morgan fingerprint density at radius 2 is 2.00 bits per heavy atom. The van der Waals surface area contributed by atoms with Gasteiger partial charge in [0.1, 0.15) is 11.6 Å². The molecule has 0 fully saturated rings. The highest BCUT2D eigenvalue weighted by Gasteiger charge is 2.09. The number of fused-ring (bicyclic) bond motifs is 1. The maximum absolute atomic E-state index is 13.4. The van der Waals surface area contributed by atoms with Gasteiger partial charge in [0.25, 0.3) is 0 Å². The van der Waals surface area contributed by atoms with E-state index in [4.69, 9.17) is 12.2 Å². The van der Waals surface area contributed by atoms with Gasteiger partial charge in [-0.3, -0.25) is 0 Å². The van der Waals surface area contributed by atoms with Crippen LogP contribution in [0.1, 0.15) is 25.0 Å². The summed E-state index contributed by atoms with van der Waals surface area (Å²) in [6.45, 7) is 5.83. The van der Waals surface area contributed by atoms with E-state index in [0.717, 1.165) is 5.56 Å². The lowest BCUT2D eigenvalue weighted by Gasteiger charge is -2.06. The van der Waals surface area contributed by atoms with Crippen LogP contribution in [0.5, 0.6) is 0 Å². The molecular weight excluding hydrogens is 215 g/mol. The third kappa shape index (κ3) is 2.36. The Labute approximate surface area is 101 Å². The number of anilines is 1. The van der Waals surface area contributed by atoms with E-state index in [2.05, 4.69) is 10.9 Å². The number of nitrogen functional groups attached to an aromatic ring is 1. The summed E-state index contributed by atoms with van der Waals surface area (Å²) in [5, 5.41) is 0.659. The van der Waals surface area contributed by atoms with Gasteiger partial charge in [-0.05, 0) is 30.7 Å². The van der Waals surface area contributed by atoms with Crippen molar-refractivity contribution in [3.63, 3.8) is 0 Å². The van der Waals surface area contributed by atoms with Gasteiger partial charge < -0.3 is 5.73 Å². The van der Waals surface area contributed by atoms with Gasteiger partial charge in [0.15, 0.2) is 0 Å². The Bertz CT molecular complexity index is 583. The van der Waals surface area contributed by atoms with Gasteiger partial charge in [-0.25, -0.2) is 9.37 Å². The first-order valence-electron chi connectivity index (χ1n) is 5.45. The summed E-state index contributed by atoms with van der Waals surface area (Å²) in [7, 11) is 0. The minimum Gasteiger partial charge on any atom is -0.384 e. The number of aryl methyl sites for hydroxylation is 1. The SMILES string of the molecule is C#Cc1c(F)ccc2nc(N)cc(C)c12.CC. The summed E-state index contributed by atoms with van der Waals surface area (Å²) < 4.78 is 13.4. The zero-order valence-electron chi connectivity index (χ0n) is 10.2. The number of aromatic nitrogens is 1. The molecule has 2 aromatic rings. The number of halogens is 1. The van der Waals surface area contributed by atoms with Gasteiger partial charge in [0, 0.05) is 5.39 Å². The van der Waals surface area contributed by atoms with Crippen LogP contribution in [0.15, 0.2) is 18.2 Å². The van der Waals surface area contributed by atoms with Gasteiger partial charge in [-0.2, -0.15) is 0 Å². The molecule has 2 nitrogen and oxygen atoms in total. The zero-order valence-corrected chi connectivity index (χ0v) is 10.2. The molecule has 2 N–H and O–H groups in total. The fourth-order valence-electron chi connectivity index (χ4n) is 1.67. The highest BCUT2D eigenvalue weighted by atomic mass is 19.1. The molecule has 3 heteroatoms. The van der Waals surface area contributed by atoms with Crippen LogP contribution in [0.4, 0.5) is 10.2 Å². The van der Waals surface area contributed by atoms with Crippen molar-refractivity contribution in [3.8, 4) is 12.3 Å². The second kappa shape index (κ2) is 5.31. The molecule has 0 aliphatic rings. The molecule has 0 aliphatic carbocycles. The maximum Gasteiger partial charge on any atom is 0.139 e. The van der Waals surface area contributed by atoms with Crippen molar-refractivity contribution < 1.29 is 4.39 Å². The van der Waals surface area contributed by atoms with E-state index >= 15 is 0 Å². The quantitative estimate of drug-likeness (QED) is 0.705. The smallest absolute Gasteiger partial charge is 0.139 e. The molecule has 0 radical (unpaired) electrons. The molecule has 0 amide bonds. The number of terminal acetylenes is 1. The minimum atomic E-state index is -0.403. The predicted molar refractivity (Wildman–Crippen MR) is 70.1 cm³/mol. The topological polar surface area (TPSA) is 38.9 Å². The van der Waals surface area contributed by atoms with Crippen LogP contribution < -0.4 is 5.73 Å². The van der Waals surface area contributed by atoms with E-state index < -0.39 is 5.82 Å². The average molecular weight is 230 g/mol. The van der Waals surface area contributed by atoms with Crippen LogP contribution in [0, 0.1) is 25.1 Å². The molecule has 1 heterocycles. The Kier molecular flexibility index (Phi) is 4.06. The van der Waals surface area contributed by atoms with Crippen molar-refractivity contribution in [2.45, 2.75) is 20.8 Å². The first-order valence-corrected chi connectivity index (χ1v) is 5.45. The van der Waals surface area contributed by atoms with Gasteiger partial charge >= 0.3 is 0 Å². The van der Waals surface area contributed by atoms with Crippen molar-refractivity contribution in [2.75, 3.05) is 5.73 Å². The summed E-state index contributed by atoms with van der Waals surface area (Å²) in [6, 6.07) is 4.57. The average Bonchev–Trinajstić information content (AvgIpc) is 2.32. The molecule has 0 atom stereocenters. The summed E-state index contributed by atoms with van der Waals surface area (Å²) in [4.78, 5) is 4.10. The third-order valence-corrected chi connectivity index (χ3v) is 2.29. The van der Waals surface area contributed by atoms with Crippen LogP contribution >= 0.6 is 0 Å². The maximum atomic E-state index is 13.4. The number of rotatable bonds is 0. The molecule has 0 saturated carbocycles. The largest absolute Gasteiger partial charge is 0.384 e. The van der Waals surface area contributed by atoms with Gasteiger partial charge in [0.2, 0.25) is 0 Å². The monoisotopic (exact) mass is 230 g/mol. The Balaban J connectivity index is 0.000000686. The second-order valence-corrected chi connectivity index (χ2v) is 3.32. The molecule has 0 unspecified atom stereocenters. The number of hydrogen-bond acceptors (Lipinski definition) is 2. The van der Waals surface area contributed by atoms with E-state index in [9.17, 15) is 4.39 Å². The zero-order chi connectivity index (χ0) is 13.0. The van der Waals surface area contributed by atoms with Gasteiger partial charge in [0.05, 0.1) is 11.1 Å². The summed E-state index contributed by atoms with van der Waals surface area (Å²) in [5.74, 6) is 2.35. The van der Waals surface area contributed by atoms with Gasteiger partial charge in [-0.15, -0.1) is 6.42 Å². The number of nitrogens with zero attached hydrogens (tertiary/aromatic N) is 1. The Morgan fingerprint density at radius 1 is 1.35 bits per heavy atom. The number of hydrogen-bond donors (Lipinski definition) is 1. The predicted octanol–water partition coefficient (Wildman–Crippen LogP) is 3.27. The van der Waals surface area contributed by atoms with Crippen LogP contribution in [0.25, 0.3) is 10.9 Å². The van der Waals surface area contributed by atoms with Crippen LogP contribution in [0.3, 0.4) is 0 Å². The van der Waals surface area contributed by atoms with E-state index in [1.165, 1.54) is 6.07 Å². The van der Waals surface area contributed by atoms with Crippen LogP contribution in [-0.4, -0.2) is 4.98 Å². The van der Waals surface area contributed by atoms with Crippen molar-refractivity contribution in [3.05, 3.63) is 35.1 Å². The Hall–Kier alpha value is -2.08. The molecule has 1 aromatic heterocycles. The molecule has 88 valence electrons. The summed E-state index contributed by atoms with van der Waals surface area (Å²) in [6.07, 6.45) is 5.27. The molecule has 2 rings (SSSR count). The third-order valence-electron chi connectivity index (χ3n) is 2.29. The van der Waals surface area contributed by atoms with E-state index in [0.29, 0.717) is 16.7 Å². The highest BCUT2D eigenvalue weighted by Crippen LogP contribution is 2.24. The van der Waals surface area contributed by atoms with Gasteiger partial charge in [-0.1, -0.05) is 19.8 Å². The lowest BCUT2D eigenvalue weighted by molar-refractivity contribution is 0.626. The minimum absolute atomic E-state index is 0.248. The number of benzene rings is 1. The fraction of sp³-hybridized carbons (Fsp3) is 0.214. The molecule has 0 saturated heterocycles. The first kappa shape index (κ1) is 13.0. The summed E-state index contributed by atoms with van der Waals surface area (Å²) >= 11 is 0. The number of nitrogens with two attached hydrogens (primary N) is 1. The molecule has 0 aliphatic heterocycles.